The van der Waals surface area contributed by atoms with Crippen LogP contribution in [0.25, 0.3) is 0 Å². The Morgan fingerprint density at radius 1 is 0.692 bits per heavy atom. The molecule has 0 aliphatic heterocycles. The van der Waals surface area contributed by atoms with Crippen molar-refractivity contribution in [2.75, 3.05) is 13.2 Å². The van der Waals surface area contributed by atoms with E-state index < -0.39 is 0 Å². The van der Waals surface area contributed by atoms with Crippen molar-refractivity contribution in [3.05, 3.63) is 0 Å². The molecule has 0 amide bonds. The Kier molecular flexibility index (Phi) is 5.40. The van der Waals surface area contributed by atoms with Gasteiger partial charge in [0.1, 0.15) is 0 Å². The smallest absolute Gasteiger partial charge is 0.0459 e. The number of aliphatic hydroxyl groups excluding tert-OH is 2. The summed E-state index contributed by atoms with van der Waals surface area (Å²) >= 11 is 0. The minimum Gasteiger partial charge on any atom is -0.396 e. The van der Waals surface area contributed by atoms with Gasteiger partial charge in [-0.3, -0.25) is 0 Å². The van der Waals surface area contributed by atoms with Gasteiger partial charge in [0.05, 0.1) is 0 Å². The molecule has 1 aliphatic rings. The maximum atomic E-state index is 9.07. The molecule has 0 bridgehead atoms. The lowest BCUT2D eigenvalue weighted by Gasteiger charge is -2.12. The maximum Gasteiger partial charge on any atom is 0.0459 e. The number of aliphatic hydroxyl groups is 2. The quantitative estimate of drug-likeness (QED) is 0.692. The van der Waals surface area contributed by atoms with Crippen LogP contribution in [0.3, 0.4) is 0 Å². The minimum absolute atomic E-state index is 0.351. The van der Waals surface area contributed by atoms with E-state index in [0.29, 0.717) is 25.0 Å². The molecule has 2 nitrogen and oxygen atoms in total. The third-order valence-corrected chi connectivity index (χ3v) is 3.22. The van der Waals surface area contributed by atoms with Gasteiger partial charge in [0, 0.05) is 13.2 Å². The van der Waals surface area contributed by atoms with E-state index in [9.17, 15) is 0 Å². The zero-order valence-corrected chi connectivity index (χ0v) is 8.41. The van der Waals surface area contributed by atoms with Crippen molar-refractivity contribution >= 4 is 0 Å². The van der Waals surface area contributed by atoms with Gasteiger partial charge < -0.3 is 10.2 Å². The molecular formula is C11H22O2. The van der Waals surface area contributed by atoms with Crippen molar-refractivity contribution in [3.8, 4) is 0 Å². The van der Waals surface area contributed by atoms with Gasteiger partial charge in [0.15, 0.2) is 0 Å². The molecule has 2 N–H and O–H groups in total. The summed E-state index contributed by atoms with van der Waals surface area (Å²) in [5.41, 5.74) is 0. The first kappa shape index (κ1) is 11.0. The van der Waals surface area contributed by atoms with Crippen LogP contribution in [0.2, 0.25) is 0 Å². The van der Waals surface area contributed by atoms with Crippen molar-refractivity contribution in [1.29, 1.82) is 0 Å². The third-order valence-electron chi connectivity index (χ3n) is 3.22. The van der Waals surface area contributed by atoms with Gasteiger partial charge in [-0.2, -0.15) is 0 Å². The summed E-state index contributed by atoms with van der Waals surface area (Å²) in [6.07, 6.45) is 8.27. The fourth-order valence-electron chi connectivity index (χ4n) is 2.22. The third kappa shape index (κ3) is 4.10. The monoisotopic (exact) mass is 186 g/mol. The summed E-state index contributed by atoms with van der Waals surface area (Å²) in [5.74, 6) is 1.05. The molecule has 0 aromatic heterocycles. The number of rotatable bonds is 2. The van der Waals surface area contributed by atoms with Crippen LogP contribution < -0.4 is 0 Å². The molecule has 2 atom stereocenters. The molecule has 0 heterocycles. The Bertz CT molecular complexity index is 111. The Balaban J connectivity index is 2.29. The van der Waals surface area contributed by atoms with Gasteiger partial charge in [-0.1, -0.05) is 19.3 Å². The van der Waals surface area contributed by atoms with Gasteiger partial charge >= 0.3 is 0 Å². The average Bonchev–Trinajstić information content (AvgIpc) is 2.28. The van der Waals surface area contributed by atoms with E-state index in [1.807, 2.05) is 0 Å². The van der Waals surface area contributed by atoms with E-state index in [4.69, 9.17) is 10.2 Å². The highest BCUT2D eigenvalue weighted by Gasteiger charge is 2.13. The van der Waals surface area contributed by atoms with Gasteiger partial charge in [-0.25, -0.2) is 0 Å². The first-order chi connectivity index (χ1) is 6.36. The first-order valence-corrected chi connectivity index (χ1v) is 5.58. The van der Waals surface area contributed by atoms with E-state index in [0.717, 1.165) is 12.8 Å². The van der Waals surface area contributed by atoms with Gasteiger partial charge in [0.2, 0.25) is 0 Å². The minimum atomic E-state index is 0.351. The Morgan fingerprint density at radius 2 is 1.08 bits per heavy atom. The van der Waals surface area contributed by atoms with E-state index in [1.54, 1.807) is 0 Å². The predicted octanol–water partition coefficient (Wildman–Crippen LogP) is 1.95. The summed E-state index contributed by atoms with van der Waals surface area (Å²) in [7, 11) is 0. The van der Waals surface area contributed by atoms with Crippen LogP contribution in [-0.2, 0) is 0 Å². The average molecular weight is 186 g/mol. The molecule has 13 heavy (non-hydrogen) atoms. The Hall–Kier alpha value is -0.0800. The largest absolute Gasteiger partial charge is 0.396 e. The van der Waals surface area contributed by atoms with Crippen LogP contribution in [0.4, 0.5) is 0 Å². The van der Waals surface area contributed by atoms with Gasteiger partial charge in [-0.05, 0) is 37.5 Å². The standard InChI is InChI=1S/C11H22O2/c12-8-10-4-1-2-5-11(9-13)7-3-6-10/h10-13H,1-9H2. The second kappa shape index (κ2) is 6.39. The van der Waals surface area contributed by atoms with Crippen molar-refractivity contribution in [3.63, 3.8) is 0 Å². The molecule has 78 valence electrons. The second-order valence-corrected chi connectivity index (χ2v) is 4.31. The second-order valence-electron chi connectivity index (χ2n) is 4.31. The normalized spacial score (nSPS) is 31.8. The SMILES string of the molecule is OCC1CCCCC(CO)CCC1. The summed E-state index contributed by atoms with van der Waals surface area (Å²) in [5, 5.41) is 18.1. The van der Waals surface area contributed by atoms with Crippen LogP contribution in [0.5, 0.6) is 0 Å². The fourth-order valence-corrected chi connectivity index (χ4v) is 2.22. The van der Waals surface area contributed by atoms with Crippen molar-refractivity contribution < 1.29 is 10.2 Å². The zero-order valence-electron chi connectivity index (χ0n) is 8.41. The first-order valence-electron chi connectivity index (χ1n) is 5.58. The Labute approximate surface area is 81.0 Å². The maximum absolute atomic E-state index is 9.07. The summed E-state index contributed by atoms with van der Waals surface area (Å²) in [4.78, 5) is 0. The molecule has 1 rings (SSSR count). The summed E-state index contributed by atoms with van der Waals surface area (Å²) in [6.45, 7) is 0.702. The molecule has 0 radical (unpaired) electrons. The highest BCUT2D eigenvalue weighted by molar-refractivity contribution is 4.66. The van der Waals surface area contributed by atoms with Crippen molar-refractivity contribution in [1.82, 2.24) is 0 Å². The van der Waals surface area contributed by atoms with Gasteiger partial charge in [-0.15, -0.1) is 0 Å². The summed E-state index contributed by atoms with van der Waals surface area (Å²) in [6, 6.07) is 0. The topological polar surface area (TPSA) is 40.5 Å². The molecule has 0 aromatic carbocycles. The molecule has 0 saturated heterocycles. The van der Waals surface area contributed by atoms with Crippen molar-refractivity contribution in [2.24, 2.45) is 11.8 Å². The Morgan fingerprint density at radius 3 is 1.46 bits per heavy atom. The molecule has 2 unspecified atom stereocenters. The van der Waals surface area contributed by atoms with E-state index in [2.05, 4.69) is 0 Å². The highest BCUT2D eigenvalue weighted by atomic mass is 16.3. The van der Waals surface area contributed by atoms with E-state index in [-0.39, 0.29) is 0 Å². The summed E-state index contributed by atoms with van der Waals surface area (Å²) < 4.78 is 0. The molecular weight excluding hydrogens is 164 g/mol. The molecule has 2 heteroatoms. The van der Waals surface area contributed by atoms with Crippen LogP contribution in [0, 0.1) is 11.8 Å². The van der Waals surface area contributed by atoms with Crippen LogP contribution in [-0.4, -0.2) is 23.4 Å². The van der Waals surface area contributed by atoms with Crippen LogP contribution >= 0.6 is 0 Å². The number of hydrogen-bond donors (Lipinski definition) is 2. The highest BCUT2D eigenvalue weighted by Crippen LogP contribution is 2.24. The predicted molar refractivity (Wildman–Crippen MR) is 53.5 cm³/mol. The lowest BCUT2D eigenvalue weighted by atomic mass is 9.96. The van der Waals surface area contributed by atoms with E-state index >= 15 is 0 Å². The lowest BCUT2D eigenvalue weighted by Crippen LogP contribution is -2.06. The van der Waals surface area contributed by atoms with Crippen LogP contribution in [0.15, 0.2) is 0 Å². The van der Waals surface area contributed by atoms with Crippen LogP contribution in [0.1, 0.15) is 44.9 Å². The van der Waals surface area contributed by atoms with Crippen molar-refractivity contribution in [2.45, 2.75) is 44.9 Å². The zero-order chi connectivity index (χ0) is 9.52. The molecule has 0 aromatic rings. The molecule has 0 spiro atoms. The van der Waals surface area contributed by atoms with E-state index in [1.165, 1.54) is 32.1 Å². The fraction of sp³-hybridized carbons (Fsp3) is 1.00. The molecule has 1 fully saturated rings. The molecule has 1 aliphatic carbocycles. The molecule has 1 saturated carbocycles. The lowest BCUT2D eigenvalue weighted by molar-refractivity contribution is 0.198. The number of hydrogen-bond acceptors (Lipinski definition) is 2. The van der Waals surface area contributed by atoms with Gasteiger partial charge in [0.25, 0.3) is 0 Å².